The van der Waals surface area contributed by atoms with Crippen LogP contribution >= 0.6 is 22.6 Å². The van der Waals surface area contributed by atoms with Crippen molar-refractivity contribution in [2.24, 2.45) is 0 Å². The van der Waals surface area contributed by atoms with Gasteiger partial charge in [0.15, 0.2) is 11.6 Å². The third-order valence-corrected chi connectivity index (χ3v) is 2.73. The SMILES string of the molecule is CC(C)(C)OC(=O)Nc1cc(F)c(I)c(F)c1F. The van der Waals surface area contributed by atoms with E-state index in [0.717, 1.165) is 0 Å². The second-order valence-electron chi connectivity index (χ2n) is 4.47. The molecule has 1 aromatic carbocycles. The Labute approximate surface area is 116 Å². The van der Waals surface area contributed by atoms with Crippen LogP contribution in [0.25, 0.3) is 0 Å². The van der Waals surface area contributed by atoms with Gasteiger partial charge in [0.1, 0.15) is 11.4 Å². The fourth-order valence-corrected chi connectivity index (χ4v) is 1.47. The van der Waals surface area contributed by atoms with E-state index in [1.807, 2.05) is 5.32 Å². The first-order valence-corrected chi connectivity index (χ1v) is 6.02. The molecule has 18 heavy (non-hydrogen) atoms. The molecule has 0 aliphatic rings. The van der Waals surface area contributed by atoms with Crippen LogP contribution in [0.15, 0.2) is 6.07 Å². The lowest BCUT2D eigenvalue weighted by Crippen LogP contribution is -2.27. The van der Waals surface area contributed by atoms with E-state index < -0.39 is 38.4 Å². The van der Waals surface area contributed by atoms with Crippen LogP contribution in [0.4, 0.5) is 23.7 Å². The normalized spacial score (nSPS) is 11.3. The fraction of sp³-hybridized carbons (Fsp3) is 0.364. The quantitative estimate of drug-likeness (QED) is 0.458. The van der Waals surface area contributed by atoms with Crippen molar-refractivity contribution in [3.05, 3.63) is 27.1 Å². The Morgan fingerprint density at radius 3 is 2.33 bits per heavy atom. The minimum Gasteiger partial charge on any atom is -0.444 e. The number of benzene rings is 1. The minimum atomic E-state index is -1.35. The molecule has 1 aromatic rings. The number of halogens is 4. The van der Waals surface area contributed by atoms with E-state index in [1.165, 1.54) is 22.6 Å². The standard InChI is InChI=1S/C11H11F3INO2/c1-11(2,3)18-10(17)16-6-4-5(12)9(15)8(14)7(6)13/h4H,1-3H3,(H,16,17). The maximum atomic E-state index is 13.4. The summed E-state index contributed by atoms with van der Waals surface area (Å²) in [5, 5.41) is 1.96. The van der Waals surface area contributed by atoms with E-state index >= 15 is 0 Å². The Kier molecular flexibility index (Phi) is 4.46. The number of amides is 1. The number of anilines is 1. The van der Waals surface area contributed by atoms with Crippen molar-refractivity contribution in [2.75, 3.05) is 5.32 Å². The van der Waals surface area contributed by atoms with Crippen molar-refractivity contribution in [3.8, 4) is 0 Å². The Morgan fingerprint density at radius 2 is 1.83 bits per heavy atom. The Bertz CT molecular complexity index is 486. The zero-order chi connectivity index (χ0) is 14.1. The molecule has 100 valence electrons. The molecule has 0 spiro atoms. The van der Waals surface area contributed by atoms with Crippen LogP contribution in [0.1, 0.15) is 20.8 Å². The first-order valence-electron chi connectivity index (χ1n) is 4.95. The van der Waals surface area contributed by atoms with Crippen LogP contribution in [0.3, 0.4) is 0 Å². The van der Waals surface area contributed by atoms with E-state index in [2.05, 4.69) is 0 Å². The second-order valence-corrected chi connectivity index (χ2v) is 5.55. The zero-order valence-electron chi connectivity index (χ0n) is 9.91. The average molecular weight is 373 g/mol. The highest BCUT2D eigenvalue weighted by molar-refractivity contribution is 14.1. The molecule has 0 saturated heterocycles. The summed E-state index contributed by atoms with van der Waals surface area (Å²) >= 11 is 1.33. The summed E-state index contributed by atoms with van der Waals surface area (Å²) in [6, 6.07) is 0.699. The van der Waals surface area contributed by atoms with Crippen molar-refractivity contribution in [3.63, 3.8) is 0 Å². The molecule has 0 atom stereocenters. The predicted molar refractivity (Wildman–Crippen MR) is 68.9 cm³/mol. The Hall–Kier alpha value is -0.990. The molecule has 3 nitrogen and oxygen atoms in total. The van der Waals surface area contributed by atoms with Gasteiger partial charge in [0, 0.05) is 6.07 Å². The van der Waals surface area contributed by atoms with E-state index in [4.69, 9.17) is 4.74 Å². The highest BCUT2D eigenvalue weighted by Crippen LogP contribution is 2.25. The van der Waals surface area contributed by atoms with E-state index in [-0.39, 0.29) is 0 Å². The maximum absolute atomic E-state index is 13.4. The lowest BCUT2D eigenvalue weighted by atomic mass is 10.2. The van der Waals surface area contributed by atoms with Crippen LogP contribution in [0, 0.1) is 21.0 Å². The molecular formula is C11H11F3INO2. The van der Waals surface area contributed by atoms with Crippen LogP contribution in [0.5, 0.6) is 0 Å². The Balaban J connectivity index is 2.96. The molecule has 1 amide bonds. The molecule has 1 N–H and O–H groups in total. The molecular weight excluding hydrogens is 362 g/mol. The van der Waals surface area contributed by atoms with E-state index in [9.17, 15) is 18.0 Å². The molecule has 1 rings (SSSR count). The van der Waals surface area contributed by atoms with Crippen LogP contribution in [-0.2, 0) is 4.74 Å². The predicted octanol–water partition coefficient (Wildman–Crippen LogP) is 4.06. The van der Waals surface area contributed by atoms with Gasteiger partial charge in [-0.05, 0) is 43.4 Å². The monoisotopic (exact) mass is 373 g/mol. The smallest absolute Gasteiger partial charge is 0.412 e. The summed E-state index contributed by atoms with van der Waals surface area (Å²) in [5.74, 6) is -3.63. The van der Waals surface area contributed by atoms with Gasteiger partial charge in [-0.1, -0.05) is 0 Å². The molecule has 0 radical (unpaired) electrons. The van der Waals surface area contributed by atoms with Gasteiger partial charge in [0.05, 0.1) is 9.26 Å². The van der Waals surface area contributed by atoms with Crippen LogP contribution in [0.2, 0.25) is 0 Å². The van der Waals surface area contributed by atoms with Gasteiger partial charge in [-0.2, -0.15) is 0 Å². The maximum Gasteiger partial charge on any atom is 0.412 e. The minimum absolute atomic E-state index is 0.472. The van der Waals surface area contributed by atoms with Gasteiger partial charge >= 0.3 is 6.09 Å². The van der Waals surface area contributed by atoms with E-state index in [1.54, 1.807) is 20.8 Å². The van der Waals surface area contributed by atoms with Crippen LogP contribution in [-0.4, -0.2) is 11.7 Å². The number of nitrogens with one attached hydrogen (secondary N) is 1. The van der Waals surface area contributed by atoms with Gasteiger partial charge in [-0.25, -0.2) is 18.0 Å². The number of carbonyl (C=O) groups excluding carboxylic acids is 1. The lowest BCUT2D eigenvalue weighted by molar-refractivity contribution is 0.0635. The molecule has 0 fully saturated rings. The fourth-order valence-electron chi connectivity index (χ4n) is 1.08. The highest BCUT2D eigenvalue weighted by Gasteiger charge is 2.21. The highest BCUT2D eigenvalue weighted by atomic mass is 127. The number of rotatable bonds is 1. The summed E-state index contributed by atoms with van der Waals surface area (Å²) in [7, 11) is 0. The van der Waals surface area contributed by atoms with E-state index in [0.29, 0.717) is 6.07 Å². The summed E-state index contributed by atoms with van der Waals surface area (Å²) in [6.45, 7) is 4.83. The van der Waals surface area contributed by atoms with Crippen molar-refractivity contribution >= 4 is 34.4 Å². The molecule has 0 aliphatic carbocycles. The third kappa shape index (κ3) is 3.76. The lowest BCUT2D eigenvalue weighted by Gasteiger charge is -2.20. The zero-order valence-corrected chi connectivity index (χ0v) is 12.1. The van der Waals surface area contributed by atoms with Gasteiger partial charge in [0.25, 0.3) is 0 Å². The largest absolute Gasteiger partial charge is 0.444 e. The summed E-state index contributed by atoms with van der Waals surface area (Å²) in [4.78, 5) is 11.3. The molecule has 0 saturated carbocycles. The van der Waals surface area contributed by atoms with Crippen LogP contribution < -0.4 is 5.32 Å². The van der Waals surface area contributed by atoms with Crippen molar-refractivity contribution in [2.45, 2.75) is 26.4 Å². The molecule has 0 aromatic heterocycles. The van der Waals surface area contributed by atoms with Crippen molar-refractivity contribution in [1.29, 1.82) is 0 Å². The first-order chi connectivity index (χ1) is 8.11. The van der Waals surface area contributed by atoms with Gasteiger partial charge in [-0.15, -0.1) is 0 Å². The number of carbonyl (C=O) groups is 1. The van der Waals surface area contributed by atoms with Crippen molar-refractivity contribution in [1.82, 2.24) is 0 Å². The summed E-state index contributed by atoms with van der Waals surface area (Å²) in [5.41, 5.74) is -1.39. The average Bonchev–Trinajstić information content (AvgIpc) is 2.20. The summed E-state index contributed by atoms with van der Waals surface area (Å²) in [6.07, 6.45) is -0.985. The number of ether oxygens (including phenoxy) is 1. The molecule has 7 heteroatoms. The molecule has 0 aliphatic heterocycles. The number of hydrogen-bond donors (Lipinski definition) is 1. The van der Waals surface area contributed by atoms with Gasteiger partial charge in [0.2, 0.25) is 0 Å². The second kappa shape index (κ2) is 5.33. The molecule has 0 unspecified atom stereocenters. The molecule has 0 bridgehead atoms. The topological polar surface area (TPSA) is 38.3 Å². The van der Waals surface area contributed by atoms with Crippen molar-refractivity contribution < 1.29 is 22.7 Å². The molecule has 0 heterocycles. The third-order valence-electron chi connectivity index (χ3n) is 1.74. The van der Waals surface area contributed by atoms with Gasteiger partial charge in [-0.3, -0.25) is 5.32 Å². The summed E-state index contributed by atoms with van der Waals surface area (Å²) < 4.78 is 44.2. The van der Waals surface area contributed by atoms with Gasteiger partial charge < -0.3 is 4.74 Å². The Morgan fingerprint density at radius 1 is 1.28 bits per heavy atom. The number of hydrogen-bond acceptors (Lipinski definition) is 2. The first kappa shape index (κ1) is 15.1.